The van der Waals surface area contributed by atoms with Gasteiger partial charge in [0.1, 0.15) is 18.8 Å². The van der Waals surface area contributed by atoms with Crippen LogP contribution in [0.15, 0.2) is 109 Å². The van der Waals surface area contributed by atoms with Gasteiger partial charge in [-0.2, -0.15) is 0 Å². The number of carbonyl (C=O) groups excluding carboxylic acids is 3. The van der Waals surface area contributed by atoms with Crippen LogP contribution in [-0.4, -0.2) is 89.2 Å². The van der Waals surface area contributed by atoms with Crippen molar-refractivity contribution in [1.29, 1.82) is 0 Å². The molecule has 1 fully saturated rings. The number of aliphatic hydroxyl groups excluding tert-OH is 2. The Labute approximate surface area is 440 Å². The average molecular weight is 1020 g/mol. The number of rotatable bonds is 45. The standard InChI is InChI=1S/C61H96O12/c1-4-7-10-13-16-19-22-25-27-30-32-35-38-41-44-47-53(62)69-50-52(71-54(63)48-45-42-39-36-33-29-24-21-18-15-12-9-6-3)51-70-61-59(57(66)56(65)58(73-61)60(67)68)72-55(64)49-46-43-40-37-34-31-28-26-23-20-17-14-11-8-5-2/h7-8,10-11,16-17,19-20,25-28,32,34-35,37,43,46,52,56-59,61,65-66H,4-6,9,12-15,18,21-24,29-31,33,36,38-42,44-45,47-51H2,1-3H3,(H,67,68)/b10-7-,11-8-,19-16-,20-17-,27-25-,28-26-,35-32-,37-34-,46-43-. The molecule has 6 unspecified atom stereocenters. The third-order valence-electron chi connectivity index (χ3n) is 11.9. The molecule has 6 atom stereocenters. The maximum absolute atomic E-state index is 13.1. The van der Waals surface area contributed by atoms with Gasteiger partial charge in [0.05, 0.1) is 13.0 Å². The first-order chi connectivity index (χ1) is 35.6. The fourth-order valence-corrected chi connectivity index (χ4v) is 7.67. The van der Waals surface area contributed by atoms with Gasteiger partial charge in [0.25, 0.3) is 0 Å². The average Bonchev–Trinajstić information content (AvgIpc) is 3.37. The van der Waals surface area contributed by atoms with Crippen LogP contribution >= 0.6 is 0 Å². The number of unbranched alkanes of at least 4 members (excludes halogenated alkanes) is 14. The largest absolute Gasteiger partial charge is 0.479 e. The predicted octanol–water partition coefficient (Wildman–Crippen LogP) is 13.9. The van der Waals surface area contributed by atoms with Gasteiger partial charge in [-0.15, -0.1) is 0 Å². The molecule has 0 bridgehead atoms. The van der Waals surface area contributed by atoms with Crippen molar-refractivity contribution in [3.05, 3.63) is 109 Å². The number of aliphatic carboxylic acids is 1. The number of ether oxygens (including phenoxy) is 5. The SMILES string of the molecule is CC/C=C\C/C=C\C/C=C\C/C=C\C/C=C\CC(=O)OC1C(OCC(COC(=O)CCCC/C=C\C/C=C\C/C=C\C/C=C\CC)OC(=O)CCCCCCCCCCCCCCC)OC(C(=O)O)C(O)C1O. The Morgan fingerprint density at radius 3 is 1.38 bits per heavy atom. The molecule has 12 heteroatoms. The van der Waals surface area contributed by atoms with Gasteiger partial charge in [0, 0.05) is 12.8 Å². The zero-order valence-corrected chi connectivity index (χ0v) is 45.1. The Hall–Kier alpha value is -4.62. The summed E-state index contributed by atoms with van der Waals surface area (Å²) in [7, 11) is 0. The number of carboxylic acid groups (broad SMARTS) is 1. The maximum atomic E-state index is 13.1. The number of allylic oxidation sites excluding steroid dienone is 17. The van der Waals surface area contributed by atoms with Crippen molar-refractivity contribution in [2.75, 3.05) is 13.2 Å². The lowest BCUT2D eigenvalue weighted by atomic mass is 9.98. The molecule has 1 aliphatic rings. The molecule has 12 nitrogen and oxygen atoms in total. The molecule has 0 aromatic rings. The van der Waals surface area contributed by atoms with Crippen LogP contribution in [0.25, 0.3) is 0 Å². The number of aliphatic hydroxyl groups is 2. The second-order valence-electron chi connectivity index (χ2n) is 18.5. The molecule has 0 aliphatic carbocycles. The monoisotopic (exact) mass is 1020 g/mol. The molecule has 73 heavy (non-hydrogen) atoms. The normalized spacial score (nSPS) is 19.2. The molecular formula is C61H96O12. The van der Waals surface area contributed by atoms with Crippen molar-refractivity contribution in [3.8, 4) is 0 Å². The van der Waals surface area contributed by atoms with E-state index in [0.29, 0.717) is 19.3 Å². The van der Waals surface area contributed by atoms with Crippen molar-refractivity contribution >= 4 is 23.9 Å². The summed E-state index contributed by atoms with van der Waals surface area (Å²) in [6, 6.07) is 0. The first kappa shape index (κ1) is 66.4. The van der Waals surface area contributed by atoms with Crippen LogP contribution in [0.5, 0.6) is 0 Å². The van der Waals surface area contributed by atoms with Gasteiger partial charge < -0.3 is 39.0 Å². The van der Waals surface area contributed by atoms with Gasteiger partial charge in [-0.3, -0.25) is 14.4 Å². The quantitative estimate of drug-likeness (QED) is 0.0228. The van der Waals surface area contributed by atoms with E-state index in [9.17, 15) is 34.5 Å². The van der Waals surface area contributed by atoms with Crippen LogP contribution in [-0.2, 0) is 42.9 Å². The van der Waals surface area contributed by atoms with Gasteiger partial charge in [0.15, 0.2) is 24.6 Å². The van der Waals surface area contributed by atoms with Gasteiger partial charge in [-0.1, -0.05) is 207 Å². The van der Waals surface area contributed by atoms with Crippen molar-refractivity contribution in [2.45, 2.75) is 237 Å². The molecule has 1 heterocycles. The van der Waals surface area contributed by atoms with Crippen LogP contribution in [0.3, 0.4) is 0 Å². The van der Waals surface area contributed by atoms with Crippen LogP contribution < -0.4 is 0 Å². The van der Waals surface area contributed by atoms with E-state index < -0.39 is 67.3 Å². The summed E-state index contributed by atoms with van der Waals surface area (Å²) >= 11 is 0. The summed E-state index contributed by atoms with van der Waals surface area (Å²) in [6.07, 6.45) is 52.4. The highest BCUT2D eigenvalue weighted by Gasteiger charge is 2.50. The molecule has 412 valence electrons. The lowest BCUT2D eigenvalue weighted by Crippen LogP contribution is -2.61. The fraction of sp³-hybridized carbons (Fsp3) is 0.639. The zero-order chi connectivity index (χ0) is 53.3. The minimum atomic E-state index is -1.94. The summed E-state index contributed by atoms with van der Waals surface area (Å²) in [5.74, 6) is -3.35. The first-order valence-corrected chi connectivity index (χ1v) is 27.9. The highest BCUT2D eigenvalue weighted by atomic mass is 16.7. The Kier molecular flexibility index (Phi) is 44.0. The molecule has 0 aromatic carbocycles. The van der Waals surface area contributed by atoms with E-state index in [1.54, 1.807) is 12.2 Å². The Balaban J connectivity index is 2.80. The van der Waals surface area contributed by atoms with Crippen LogP contribution in [0.1, 0.15) is 201 Å². The van der Waals surface area contributed by atoms with Crippen LogP contribution in [0.2, 0.25) is 0 Å². The second kappa shape index (κ2) is 48.3. The van der Waals surface area contributed by atoms with E-state index >= 15 is 0 Å². The smallest absolute Gasteiger partial charge is 0.335 e. The molecule has 3 N–H and O–H groups in total. The molecule has 0 spiro atoms. The molecule has 1 saturated heterocycles. The first-order valence-electron chi connectivity index (χ1n) is 27.9. The molecule has 1 rings (SSSR count). The van der Waals surface area contributed by atoms with E-state index in [0.717, 1.165) is 83.5 Å². The van der Waals surface area contributed by atoms with E-state index in [4.69, 9.17) is 23.7 Å². The predicted molar refractivity (Wildman–Crippen MR) is 294 cm³/mol. The van der Waals surface area contributed by atoms with E-state index in [-0.39, 0.29) is 25.9 Å². The Morgan fingerprint density at radius 1 is 0.479 bits per heavy atom. The van der Waals surface area contributed by atoms with E-state index in [1.807, 2.05) is 12.2 Å². The molecule has 0 radical (unpaired) electrons. The summed E-state index contributed by atoms with van der Waals surface area (Å²) in [5, 5.41) is 31.4. The summed E-state index contributed by atoms with van der Waals surface area (Å²) < 4.78 is 28.2. The van der Waals surface area contributed by atoms with Crippen molar-refractivity contribution in [2.24, 2.45) is 0 Å². The lowest BCUT2D eigenvalue weighted by Gasteiger charge is -2.40. The topological polar surface area (TPSA) is 175 Å². The highest BCUT2D eigenvalue weighted by Crippen LogP contribution is 2.26. The lowest BCUT2D eigenvalue weighted by molar-refractivity contribution is -0.301. The molecule has 0 saturated carbocycles. The molecule has 0 aromatic heterocycles. The zero-order valence-electron chi connectivity index (χ0n) is 45.1. The number of esters is 3. The third kappa shape index (κ3) is 38.6. The molecule has 1 aliphatic heterocycles. The third-order valence-corrected chi connectivity index (χ3v) is 11.9. The fourth-order valence-electron chi connectivity index (χ4n) is 7.67. The van der Waals surface area contributed by atoms with Crippen molar-refractivity contribution in [3.63, 3.8) is 0 Å². The van der Waals surface area contributed by atoms with E-state index in [2.05, 4.69) is 106 Å². The number of hydrogen-bond donors (Lipinski definition) is 3. The Bertz CT molecular complexity index is 1690. The minimum absolute atomic E-state index is 0.140. The van der Waals surface area contributed by atoms with Crippen LogP contribution in [0, 0.1) is 0 Å². The summed E-state index contributed by atoms with van der Waals surface area (Å²) in [5.41, 5.74) is 0. The van der Waals surface area contributed by atoms with E-state index in [1.165, 1.54) is 57.8 Å². The number of carboxylic acids is 1. The molecular weight excluding hydrogens is 925 g/mol. The summed E-state index contributed by atoms with van der Waals surface area (Å²) in [6.45, 7) is 5.66. The van der Waals surface area contributed by atoms with Crippen LogP contribution in [0.4, 0.5) is 0 Å². The number of hydrogen-bond acceptors (Lipinski definition) is 11. The van der Waals surface area contributed by atoms with Gasteiger partial charge in [0.2, 0.25) is 0 Å². The van der Waals surface area contributed by atoms with Crippen molar-refractivity contribution in [1.82, 2.24) is 0 Å². The summed E-state index contributed by atoms with van der Waals surface area (Å²) in [4.78, 5) is 50.9. The Morgan fingerprint density at radius 2 is 0.904 bits per heavy atom. The molecule has 0 amide bonds. The van der Waals surface area contributed by atoms with Crippen molar-refractivity contribution < 1.29 is 58.2 Å². The van der Waals surface area contributed by atoms with Gasteiger partial charge in [-0.05, 0) is 83.5 Å². The highest BCUT2D eigenvalue weighted by molar-refractivity contribution is 5.74. The second-order valence-corrected chi connectivity index (χ2v) is 18.5. The maximum Gasteiger partial charge on any atom is 0.335 e. The minimum Gasteiger partial charge on any atom is -0.479 e. The number of carbonyl (C=O) groups is 4. The van der Waals surface area contributed by atoms with Gasteiger partial charge >= 0.3 is 23.9 Å². The van der Waals surface area contributed by atoms with Gasteiger partial charge in [-0.25, -0.2) is 4.79 Å².